The average molecular weight is 865 g/mol. The highest BCUT2D eigenvalue weighted by atomic mass is 14.7. The molecule has 9 aromatic carbocycles. The lowest BCUT2D eigenvalue weighted by Gasteiger charge is -2.22. The Balaban J connectivity index is 1.23. The Labute approximate surface area is 393 Å². The first-order valence-electron chi connectivity index (χ1n) is 23.0. The Morgan fingerprint density at radius 3 is 1.34 bits per heavy atom. The maximum atomic E-state index is 5.53. The summed E-state index contributed by atoms with van der Waals surface area (Å²) >= 11 is 0. The summed E-state index contributed by atoms with van der Waals surface area (Å²) < 4.78 is 0. The van der Waals surface area contributed by atoms with Gasteiger partial charge in [0, 0.05) is 47.0 Å². The Bertz CT molecular complexity index is 4060. The van der Waals surface area contributed by atoms with Crippen LogP contribution in [0, 0.1) is 0 Å². The third kappa shape index (κ3) is 6.69. The third-order valence-electron chi connectivity index (χ3n) is 13.4. The molecule has 0 N–H and O–H groups in total. The summed E-state index contributed by atoms with van der Waals surface area (Å²) in [4.78, 5) is 19.7. The summed E-state index contributed by atoms with van der Waals surface area (Å²) in [6.45, 7) is 0. The first-order chi connectivity index (χ1) is 33.7. The molecule has 4 heteroatoms. The summed E-state index contributed by atoms with van der Waals surface area (Å²) in [6.07, 6.45) is 7.32. The standard InChI is InChI=1S/C64H40N4/c1-3-13-41(14-4-1)47-27-28-51-53(38-47)64(60-24-12-22-58(68-60)44-31-35-66-36-32-44)56-40-54-52(39-55(56)63(51)59-23-11-21-57(67-59)43-29-33-65-34-30-43)49-19-9-10-20-50(49)62(61(54)45-16-5-2-6-17-45)48-26-25-42-15-7-8-18-46(42)37-48/h1-40H. The highest BCUT2D eigenvalue weighted by molar-refractivity contribution is 6.29. The van der Waals surface area contributed by atoms with Crippen molar-refractivity contribution in [3.05, 3.63) is 243 Å². The van der Waals surface area contributed by atoms with E-state index in [2.05, 4.69) is 204 Å². The van der Waals surface area contributed by atoms with Crippen LogP contribution in [0.5, 0.6) is 0 Å². The zero-order valence-corrected chi connectivity index (χ0v) is 36.9. The molecule has 316 valence electrons. The van der Waals surface area contributed by atoms with E-state index >= 15 is 0 Å². The quantitative estimate of drug-likeness (QED) is 0.118. The van der Waals surface area contributed by atoms with Crippen molar-refractivity contribution in [1.82, 2.24) is 19.9 Å². The van der Waals surface area contributed by atoms with Gasteiger partial charge in [0.15, 0.2) is 0 Å². The SMILES string of the molecule is c1ccc(-c2ccc3c(-c4cccc(-c5ccncc5)n4)c4cc5c(cc4c(-c4cccc(-c6ccncc6)n4)c3c2)c(-c2ccccc2)c(-c2ccc3ccccc3c2)c2ccccc25)cc1. The van der Waals surface area contributed by atoms with Gasteiger partial charge in [0.1, 0.15) is 0 Å². The highest BCUT2D eigenvalue weighted by Gasteiger charge is 2.24. The maximum absolute atomic E-state index is 5.53. The molecule has 0 saturated heterocycles. The number of fused-ring (bicyclic) bond motifs is 6. The van der Waals surface area contributed by atoms with E-state index in [4.69, 9.17) is 9.97 Å². The largest absolute Gasteiger partial charge is 0.265 e. The molecular weight excluding hydrogens is 825 g/mol. The second-order valence-corrected chi connectivity index (χ2v) is 17.3. The molecule has 13 aromatic rings. The lowest BCUT2D eigenvalue weighted by atomic mass is 9.81. The van der Waals surface area contributed by atoms with Gasteiger partial charge in [0.05, 0.1) is 22.8 Å². The second kappa shape index (κ2) is 16.4. The summed E-state index contributed by atoms with van der Waals surface area (Å²) in [6, 6.07) is 78.7. The van der Waals surface area contributed by atoms with E-state index in [0.29, 0.717) is 0 Å². The Morgan fingerprint density at radius 1 is 0.206 bits per heavy atom. The highest BCUT2D eigenvalue weighted by Crippen LogP contribution is 2.50. The van der Waals surface area contributed by atoms with Crippen molar-refractivity contribution in [2.75, 3.05) is 0 Å². The molecule has 0 aliphatic heterocycles. The van der Waals surface area contributed by atoms with Gasteiger partial charge in [0.25, 0.3) is 0 Å². The van der Waals surface area contributed by atoms with Crippen LogP contribution in [0.25, 0.3) is 132 Å². The molecular formula is C64H40N4. The van der Waals surface area contributed by atoms with Crippen molar-refractivity contribution < 1.29 is 0 Å². The molecule has 0 aliphatic rings. The maximum Gasteiger partial charge on any atom is 0.0722 e. The number of rotatable bonds is 7. The zero-order valence-electron chi connectivity index (χ0n) is 36.9. The number of hydrogen-bond donors (Lipinski definition) is 0. The van der Waals surface area contributed by atoms with Gasteiger partial charge in [-0.25, -0.2) is 9.97 Å². The van der Waals surface area contributed by atoms with Gasteiger partial charge >= 0.3 is 0 Å². The Hall–Kier alpha value is -9.12. The smallest absolute Gasteiger partial charge is 0.0722 e. The van der Waals surface area contributed by atoms with Crippen molar-refractivity contribution in [2.45, 2.75) is 0 Å². The molecule has 4 aromatic heterocycles. The van der Waals surface area contributed by atoms with Crippen molar-refractivity contribution >= 4 is 53.9 Å². The molecule has 68 heavy (non-hydrogen) atoms. The first-order valence-corrected chi connectivity index (χ1v) is 23.0. The third-order valence-corrected chi connectivity index (χ3v) is 13.4. The number of nitrogens with zero attached hydrogens (tertiary/aromatic N) is 4. The minimum Gasteiger partial charge on any atom is -0.265 e. The van der Waals surface area contributed by atoms with E-state index in [1.165, 1.54) is 49.0 Å². The van der Waals surface area contributed by atoms with E-state index in [1.54, 1.807) is 0 Å². The molecule has 0 unspecified atom stereocenters. The van der Waals surface area contributed by atoms with Gasteiger partial charge in [-0.2, -0.15) is 0 Å². The van der Waals surface area contributed by atoms with E-state index in [9.17, 15) is 0 Å². The lowest BCUT2D eigenvalue weighted by molar-refractivity contribution is 1.29. The van der Waals surface area contributed by atoms with Crippen LogP contribution in [0.2, 0.25) is 0 Å². The Kier molecular flexibility index (Phi) is 9.47. The van der Waals surface area contributed by atoms with E-state index in [0.717, 1.165) is 83.3 Å². The molecule has 0 bridgehead atoms. The van der Waals surface area contributed by atoms with Crippen molar-refractivity contribution in [3.8, 4) is 78.4 Å². The lowest BCUT2D eigenvalue weighted by Crippen LogP contribution is -1.97. The van der Waals surface area contributed by atoms with Gasteiger partial charge < -0.3 is 0 Å². The summed E-state index contributed by atoms with van der Waals surface area (Å²) in [5.41, 5.74) is 14.7. The summed E-state index contributed by atoms with van der Waals surface area (Å²) in [5.74, 6) is 0. The average Bonchev–Trinajstić information content (AvgIpc) is 3.42. The van der Waals surface area contributed by atoms with Crippen LogP contribution in [0.1, 0.15) is 0 Å². The molecule has 0 spiro atoms. The van der Waals surface area contributed by atoms with Crippen LogP contribution in [0.3, 0.4) is 0 Å². The molecule has 0 fully saturated rings. The van der Waals surface area contributed by atoms with Gasteiger partial charge in [0.2, 0.25) is 0 Å². The van der Waals surface area contributed by atoms with Gasteiger partial charge in [-0.3, -0.25) is 9.97 Å². The van der Waals surface area contributed by atoms with Crippen LogP contribution < -0.4 is 0 Å². The monoisotopic (exact) mass is 864 g/mol. The van der Waals surface area contributed by atoms with Gasteiger partial charge in [-0.15, -0.1) is 0 Å². The fraction of sp³-hybridized carbons (Fsp3) is 0. The number of hydrogen-bond acceptors (Lipinski definition) is 4. The van der Waals surface area contributed by atoms with E-state index < -0.39 is 0 Å². The molecule has 0 radical (unpaired) electrons. The second-order valence-electron chi connectivity index (χ2n) is 17.3. The number of pyridine rings is 4. The molecule has 4 nitrogen and oxygen atoms in total. The minimum absolute atomic E-state index is 0.886. The predicted molar refractivity (Wildman–Crippen MR) is 283 cm³/mol. The Morgan fingerprint density at radius 2 is 0.676 bits per heavy atom. The van der Waals surface area contributed by atoms with Gasteiger partial charge in [-0.05, 0) is 160 Å². The van der Waals surface area contributed by atoms with Crippen molar-refractivity contribution in [1.29, 1.82) is 0 Å². The summed E-state index contributed by atoms with van der Waals surface area (Å²) in [5, 5.41) is 11.6. The fourth-order valence-electron chi connectivity index (χ4n) is 10.3. The molecule has 0 atom stereocenters. The number of benzene rings is 9. The summed E-state index contributed by atoms with van der Waals surface area (Å²) in [7, 11) is 0. The topological polar surface area (TPSA) is 51.6 Å². The molecule has 0 saturated carbocycles. The normalized spacial score (nSPS) is 11.5. The van der Waals surface area contributed by atoms with Crippen molar-refractivity contribution in [3.63, 3.8) is 0 Å². The minimum atomic E-state index is 0.886. The first kappa shape index (κ1) is 39.3. The fourth-order valence-corrected chi connectivity index (χ4v) is 10.3. The zero-order chi connectivity index (χ0) is 45.0. The molecule has 0 amide bonds. The van der Waals surface area contributed by atoms with Crippen LogP contribution in [-0.2, 0) is 0 Å². The van der Waals surface area contributed by atoms with Gasteiger partial charge in [-0.1, -0.05) is 146 Å². The van der Waals surface area contributed by atoms with E-state index in [-0.39, 0.29) is 0 Å². The number of aromatic nitrogens is 4. The van der Waals surface area contributed by atoms with Crippen molar-refractivity contribution in [2.24, 2.45) is 0 Å². The molecule has 13 rings (SSSR count). The molecule has 4 heterocycles. The van der Waals surface area contributed by atoms with Crippen LogP contribution >= 0.6 is 0 Å². The van der Waals surface area contributed by atoms with Crippen LogP contribution in [-0.4, -0.2) is 19.9 Å². The van der Waals surface area contributed by atoms with E-state index in [1.807, 2.05) is 49.1 Å². The molecule has 0 aliphatic carbocycles. The van der Waals surface area contributed by atoms with Crippen LogP contribution in [0.4, 0.5) is 0 Å². The van der Waals surface area contributed by atoms with Crippen LogP contribution in [0.15, 0.2) is 243 Å². The predicted octanol–water partition coefficient (Wildman–Crippen LogP) is 16.7.